The molecule has 1 unspecified atom stereocenters. The second-order valence-corrected chi connectivity index (χ2v) is 8.82. The van der Waals surface area contributed by atoms with E-state index < -0.39 is 0 Å². The summed E-state index contributed by atoms with van der Waals surface area (Å²) in [6, 6.07) is 6.57. The molecule has 30 heavy (non-hydrogen) atoms. The van der Waals surface area contributed by atoms with Gasteiger partial charge in [0.1, 0.15) is 5.82 Å². The maximum absolute atomic E-state index is 13.1. The van der Waals surface area contributed by atoms with Crippen molar-refractivity contribution in [1.29, 1.82) is 0 Å². The number of piperidine rings is 1. The SMILES string of the molecule is CC(C(=O)N1CCN(c2ccc(F)cc2)CC1)N1CCC(C(=O)N(C)C(C)C)CC1. The van der Waals surface area contributed by atoms with Crippen molar-refractivity contribution in [3.05, 3.63) is 30.1 Å². The highest BCUT2D eigenvalue weighted by molar-refractivity contribution is 5.82. The molecule has 2 fully saturated rings. The van der Waals surface area contributed by atoms with Gasteiger partial charge in [0.2, 0.25) is 11.8 Å². The van der Waals surface area contributed by atoms with Gasteiger partial charge < -0.3 is 14.7 Å². The Morgan fingerprint density at radius 3 is 2.07 bits per heavy atom. The summed E-state index contributed by atoms with van der Waals surface area (Å²) >= 11 is 0. The van der Waals surface area contributed by atoms with Crippen LogP contribution in [0.4, 0.5) is 10.1 Å². The third-order valence-electron chi connectivity index (χ3n) is 6.69. The quantitative estimate of drug-likeness (QED) is 0.737. The number of anilines is 1. The van der Waals surface area contributed by atoms with Crippen LogP contribution in [0.15, 0.2) is 24.3 Å². The smallest absolute Gasteiger partial charge is 0.239 e. The van der Waals surface area contributed by atoms with Crippen molar-refractivity contribution in [2.75, 3.05) is 51.2 Å². The fourth-order valence-corrected chi connectivity index (χ4v) is 4.33. The lowest BCUT2D eigenvalue weighted by atomic mass is 9.94. The molecule has 6 nitrogen and oxygen atoms in total. The molecule has 7 heteroatoms. The fourth-order valence-electron chi connectivity index (χ4n) is 4.33. The van der Waals surface area contributed by atoms with Gasteiger partial charge in [-0.2, -0.15) is 0 Å². The van der Waals surface area contributed by atoms with E-state index in [2.05, 4.69) is 9.80 Å². The number of hydrogen-bond acceptors (Lipinski definition) is 4. The average molecular weight is 419 g/mol. The second-order valence-electron chi connectivity index (χ2n) is 8.82. The third-order valence-corrected chi connectivity index (χ3v) is 6.69. The van der Waals surface area contributed by atoms with Crippen LogP contribution < -0.4 is 4.90 Å². The first-order chi connectivity index (χ1) is 14.3. The summed E-state index contributed by atoms with van der Waals surface area (Å²) in [4.78, 5) is 33.8. The molecule has 0 N–H and O–H groups in total. The molecule has 1 aromatic carbocycles. The predicted octanol–water partition coefficient (Wildman–Crippen LogP) is 2.44. The zero-order valence-corrected chi connectivity index (χ0v) is 18.7. The van der Waals surface area contributed by atoms with E-state index in [0.717, 1.165) is 44.7 Å². The lowest BCUT2D eigenvalue weighted by molar-refractivity contribution is -0.139. The number of piperazine rings is 1. The number of halogens is 1. The summed E-state index contributed by atoms with van der Waals surface area (Å²) in [7, 11) is 1.87. The van der Waals surface area contributed by atoms with Gasteiger partial charge in [0.05, 0.1) is 6.04 Å². The Morgan fingerprint density at radius 2 is 1.53 bits per heavy atom. The van der Waals surface area contributed by atoms with Gasteiger partial charge in [0.25, 0.3) is 0 Å². The molecule has 0 saturated carbocycles. The molecule has 2 heterocycles. The van der Waals surface area contributed by atoms with Gasteiger partial charge in [-0.25, -0.2) is 4.39 Å². The van der Waals surface area contributed by atoms with Crippen molar-refractivity contribution in [3.63, 3.8) is 0 Å². The van der Waals surface area contributed by atoms with Crippen LogP contribution >= 0.6 is 0 Å². The van der Waals surface area contributed by atoms with E-state index in [4.69, 9.17) is 0 Å². The maximum Gasteiger partial charge on any atom is 0.239 e. The average Bonchev–Trinajstić information content (AvgIpc) is 2.77. The Bertz CT molecular complexity index is 723. The zero-order chi connectivity index (χ0) is 21.8. The highest BCUT2D eigenvalue weighted by Gasteiger charge is 2.33. The molecule has 2 amide bonds. The van der Waals surface area contributed by atoms with Crippen molar-refractivity contribution in [2.24, 2.45) is 5.92 Å². The van der Waals surface area contributed by atoms with Crippen molar-refractivity contribution in [1.82, 2.24) is 14.7 Å². The molecule has 0 aliphatic carbocycles. The Labute approximate surface area is 179 Å². The molecule has 1 aromatic rings. The molecule has 2 saturated heterocycles. The van der Waals surface area contributed by atoms with Crippen LogP contribution in [0.2, 0.25) is 0 Å². The Hall–Kier alpha value is -2.15. The molecule has 1 atom stereocenters. The van der Waals surface area contributed by atoms with Gasteiger partial charge in [-0.3, -0.25) is 14.5 Å². The van der Waals surface area contributed by atoms with Gasteiger partial charge in [-0.1, -0.05) is 0 Å². The molecule has 2 aliphatic rings. The van der Waals surface area contributed by atoms with Crippen molar-refractivity contribution < 1.29 is 14.0 Å². The zero-order valence-electron chi connectivity index (χ0n) is 18.7. The lowest BCUT2D eigenvalue weighted by Gasteiger charge is -2.41. The molecule has 0 aromatic heterocycles. The minimum Gasteiger partial charge on any atom is -0.368 e. The van der Waals surface area contributed by atoms with Crippen LogP contribution in [-0.4, -0.2) is 84.9 Å². The van der Waals surface area contributed by atoms with Crippen molar-refractivity contribution in [3.8, 4) is 0 Å². The monoisotopic (exact) mass is 418 g/mol. The number of likely N-dealkylation sites (tertiary alicyclic amines) is 1. The third kappa shape index (κ3) is 5.12. The minimum absolute atomic E-state index is 0.0650. The van der Waals surface area contributed by atoms with Gasteiger partial charge in [0.15, 0.2) is 0 Å². The number of hydrogen-bond donors (Lipinski definition) is 0. The Morgan fingerprint density at radius 1 is 0.967 bits per heavy atom. The van der Waals surface area contributed by atoms with E-state index in [-0.39, 0.29) is 35.6 Å². The van der Waals surface area contributed by atoms with E-state index in [9.17, 15) is 14.0 Å². The van der Waals surface area contributed by atoms with Gasteiger partial charge in [-0.05, 0) is 71.0 Å². The summed E-state index contributed by atoms with van der Waals surface area (Å²) < 4.78 is 13.1. The van der Waals surface area contributed by atoms with Gasteiger partial charge in [0, 0.05) is 50.9 Å². The topological polar surface area (TPSA) is 47.1 Å². The summed E-state index contributed by atoms with van der Waals surface area (Å²) in [6.07, 6.45) is 1.62. The first kappa shape index (κ1) is 22.5. The van der Waals surface area contributed by atoms with Crippen LogP contribution in [0, 0.1) is 11.7 Å². The summed E-state index contributed by atoms with van der Waals surface area (Å²) in [5, 5.41) is 0. The van der Waals surface area contributed by atoms with Crippen LogP contribution in [0.5, 0.6) is 0 Å². The molecule has 3 rings (SSSR count). The molecule has 2 aliphatic heterocycles. The molecule has 0 spiro atoms. The number of amides is 2. The minimum atomic E-state index is -0.234. The van der Waals surface area contributed by atoms with E-state index in [1.807, 2.05) is 37.6 Å². The van der Waals surface area contributed by atoms with Crippen molar-refractivity contribution in [2.45, 2.75) is 45.7 Å². The molecule has 0 radical (unpaired) electrons. The molecule has 166 valence electrons. The highest BCUT2D eigenvalue weighted by Crippen LogP contribution is 2.23. The van der Waals surface area contributed by atoms with Crippen LogP contribution in [0.25, 0.3) is 0 Å². The summed E-state index contributed by atoms with van der Waals surface area (Å²) in [6.45, 7) is 10.5. The predicted molar refractivity (Wildman–Crippen MR) is 117 cm³/mol. The summed E-state index contributed by atoms with van der Waals surface area (Å²) in [5.74, 6) is 0.219. The van der Waals surface area contributed by atoms with E-state index in [1.54, 1.807) is 12.1 Å². The Kier molecular flexibility index (Phi) is 7.34. The van der Waals surface area contributed by atoms with Gasteiger partial charge >= 0.3 is 0 Å². The van der Waals surface area contributed by atoms with Gasteiger partial charge in [-0.15, -0.1) is 0 Å². The standard InChI is InChI=1S/C23H35FN4O2/c1-17(2)25(4)23(30)19-9-11-26(12-10-19)18(3)22(29)28-15-13-27(14-16-28)21-7-5-20(24)6-8-21/h5-8,17-19H,9-16H2,1-4H3. The number of benzene rings is 1. The lowest BCUT2D eigenvalue weighted by Crippen LogP contribution is -2.55. The highest BCUT2D eigenvalue weighted by atomic mass is 19.1. The largest absolute Gasteiger partial charge is 0.368 e. The molecular weight excluding hydrogens is 383 g/mol. The normalized spacial score (nSPS) is 19.8. The van der Waals surface area contributed by atoms with E-state index in [0.29, 0.717) is 13.1 Å². The number of rotatable bonds is 5. The van der Waals surface area contributed by atoms with E-state index >= 15 is 0 Å². The van der Waals surface area contributed by atoms with Crippen LogP contribution in [0.3, 0.4) is 0 Å². The summed E-state index contributed by atoms with van der Waals surface area (Å²) in [5.41, 5.74) is 0.995. The van der Waals surface area contributed by atoms with Crippen LogP contribution in [-0.2, 0) is 9.59 Å². The number of nitrogens with zero attached hydrogens (tertiary/aromatic N) is 4. The maximum atomic E-state index is 13.1. The first-order valence-electron chi connectivity index (χ1n) is 11.1. The first-order valence-corrected chi connectivity index (χ1v) is 11.1. The second kappa shape index (κ2) is 9.77. The fraction of sp³-hybridized carbons (Fsp3) is 0.652. The number of carbonyl (C=O) groups is 2. The Balaban J connectivity index is 1.47. The van der Waals surface area contributed by atoms with Crippen LogP contribution in [0.1, 0.15) is 33.6 Å². The van der Waals surface area contributed by atoms with Crippen molar-refractivity contribution >= 4 is 17.5 Å². The van der Waals surface area contributed by atoms with E-state index in [1.165, 1.54) is 12.1 Å². The molecular formula is C23H35FN4O2. The molecule has 0 bridgehead atoms. The number of carbonyl (C=O) groups excluding carboxylic acids is 2.